The number of nitrogens with one attached hydrogen (secondary N) is 1. The number of aromatic carboxylic acids is 1. The lowest BCUT2D eigenvalue weighted by atomic mass is 9.91. The quantitative estimate of drug-likeness (QED) is 0.330. The zero-order valence-electron chi connectivity index (χ0n) is 20.2. The number of piperazine rings is 1. The molecule has 4 heterocycles. The van der Waals surface area contributed by atoms with Crippen LogP contribution in [0.1, 0.15) is 22.3 Å². The molecule has 1 aliphatic rings. The number of carboxylic acid groups (broad SMARTS) is 1. The summed E-state index contributed by atoms with van der Waals surface area (Å²) in [6.07, 6.45) is 4.57. The summed E-state index contributed by atoms with van der Waals surface area (Å²) in [5, 5.41) is 16.3. The van der Waals surface area contributed by atoms with Crippen LogP contribution in [0.25, 0.3) is 22.3 Å². The lowest BCUT2D eigenvalue weighted by Gasteiger charge is -2.47. The molecule has 1 unspecified atom stereocenters. The van der Waals surface area contributed by atoms with E-state index in [-0.39, 0.29) is 17.5 Å². The molecular formula is C25H26N8O4. The predicted molar refractivity (Wildman–Crippen MR) is 135 cm³/mol. The standard InChI is InChI=1S/C25H26N8O4/c1-31-8-10-32(11-9-31)25(14-22(26)34,33-15-28-20-12-17(24(36)37)2-3-21(20)33)18-13-19(29-30-23(18)35)16-4-6-27-7-5-16/h2-7,12-13,15H,8-11,14H2,1H3,(H2,26,34)(H,30,35)(H,36,37). The van der Waals surface area contributed by atoms with Crippen LogP contribution in [0.5, 0.6) is 0 Å². The molecule has 5 rings (SSSR count). The first-order valence-corrected chi connectivity index (χ1v) is 11.7. The molecule has 1 atom stereocenters. The van der Waals surface area contributed by atoms with E-state index < -0.39 is 23.1 Å². The summed E-state index contributed by atoms with van der Waals surface area (Å²) in [5.74, 6) is -1.68. The number of amides is 1. The molecule has 0 radical (unpaired) electrons. The third-order valence-electron chi connectivity index (χ3n) is 6.85. The highest BCUT2D eigenvalue weighted by Gasteiger charge is 2.46. The lowest BCUT2D eigenvalue weighted by Crippen LogP contribution is -2.60. The fourth-order valence-electron chi connectivity index (χ4n) is 4.98. The van der Waals surface area contributed by atoms with Crippen molar-refractivity contribution in [1.29, 1.82) is 0 Å². The second kappa shape index (κ2) is 9.56. The number of carbonyl (C=O) groups excluding carboxylic acids is 1. The summed E-state index contributed by atoms with van der Waals surface area (Å²) >= 11 is 0. The van der Waals surface area contributed by atoms with Crippen LogP contribution < -0.4 is 11.3 Å². The first-order chi connectivity index (χ1) is 17.8. The Bertz CT molecular complexity index is 1520. The first-order valence-electron chi connectivity index (χ1n) is 11.7. The van der Waals surface area contributed by atoms with Gasteiger partial charge in [-0.15, -0.1) is 0 Å². The number of rotatable bonds is 7. The summed E-state index contributed by atoms with van der Waals surface area (Å²) in [5.41, 5.74) is 6.60. The number of aromatic amines is 1. The Balaban J connectivity index is 1.81. The van der Waals surface area contributed by atoms with Crippen molar-refractivity contribution >= 4 is 22.9 Å². The molecule has 1 aromatic carbocycles. The van der Waals surface area contributed by atoms with Crippen LogP contribution in [0.4, 0.5) is 0 Å². The maximum atomic E-state index is 13.5. The van der Waals surface area contributed by atoms with Gasteiger partial charge in [0.1, 0.15) is 5.66 Å². The number of hydrogen-bond acceptors (Lipinski definition) is 8. The number of primary amides is 1. The summed E-state index contributed by atoms with van der Waals surface area (Å²) in [4.78, 5) is 50.4. The van der Waals surface area contributed by atoms with Crippen molar-refractivity contribution in [1.82, 2.24) is 34.5 Å². The number of aromatic nitrogens is 5. The number of imidazole rings is 1. The SMILES string of the molecule is CN1CCN(C(CC(N)=O)(c2cc(-c3ccncc3)n[nH]c2=O)n2cnc3cc(C(=O)O)ccc32)CC1. The van der Waals surface area contributed by atoms with Crippen LogP contribution in [0.15, 0.2) is 59.9 Å². The third kappa shape index (κ3) is 4.36. The molecule has 0 spiro atoms. The summed E-state index contributed by atoms with van der Waals surface area (Å²) < 4.78 is 1.75. The lowest BCUT2D eigenvalue weighted by molar-refractivity contribution is -0.122. The minimum absolute atomic E-state index is 0.0829. The van der Waals surface area contributed by atoms with Crippen molar-refractivity contribution in [3.05, 3.63) is 76.6 Å². The van der Waals surface area contributed by atoms with Gasteiger partial charge in [0.15, 0.2) is 0 Å². The molecule has 0 aliphatic carbocycles. The van der Waals surface area contributed by atoms with E-state index in [0.717, 1.165) is 5.56 Å². The molecule has 1 fully saturated rings. The summed E-state index contributed by atoms with van der Waals surface area (Å²) in [6.45, 7) is 2.50. The minimum atomic E-state index is -1.34. The van der Waals surface area contributed by atoms with Crippen LogP contribution in [0.3, 0.4) is 0 Å². The number of likely N-dealkylation sites (N-methyl/N-ethyl adjacent to an activating group) is 1. The van der Waals surface area contributed by atoms with Crippen LogP contribution in [-0.4, -0.2) is 84.7 Å². The van der Waals surface area contributed by atoms with Gasteiger partial charge >= 0.3 is 5.97 Å². The smallest absolute Gasteiger partial charge is 0.335 e. The zero-order chi connectivity index (χ0) is 26.2. The van der Waals surface area contributed by atoms with Gasteiger partial charge in [-0.2, -0.15) is 5.10 Å². The van der Waals surface area contributed by atoms with Gasteiger partial charge in [-0.1, -0.05) is 0 Å². The number of nitrogens with two attached hydrogens (primary N) is 1. The van der Waals surface area contributed by atoms with E-state index >= 15 is 0 Å². The third-order valence-corrected chi connectivity index (χ3v) is 6.85. The number of carbonyl (C=O) groups is 2. The molecule has 37 heavy (non-hydrogen) atoms. The van der Waals surface area contributed by atoms with Crippen molar-refractivity contribution in [3.63, 3.8) is 0 Å². The summed E-state index contributed by atoms with van der Waals surface area (Å²) in [6, 6.07) is 9.79. The Kier molecular flexibility index (Phi) is 6.27. The van der Waals surface area contributed by atoms with Gasteiger partial charge in [-0.25, -0.2) is 14.9 Å². The molecule has 12 nitrogen and oxygen atoms in total. The van der Waals surface area contributed by atoms with Gasteiger partial charge in [0.2, 0.25) is 5.91 Å². The van der Waals surface area contributed by atoms with Gasteiger partial charge in [-0.3, -0.25) is 19.5 Å². The molecular weight excluding hydrogens is 476 g/mol. The van der Waals surface area contributed by atoms with E-state index in [0.29, 0.717) is 42.9 Å². The number of carboxylic acids is 1. The van der Waals surface area contributed by atoms with Crippen molar-refractivity contribution in [3.8, 4) is 11.3 Å². The Labute approximate surface area is 211 Å². The number of nitrogens with zero attached hydrogens (tertiary/aromatic N) is 6. The maximum absolute atomic E-state index is 13.5. The fourth-order valence-corrected chi connectivity index (χ4v) is 4.98. The van der Waals surface area contributed by atoms with Crippen LogP contribution >= 0.6 is 0 Å². The molecule has 3 aromatic heterocycles. The second-order valence-corrected chi connectivity index (χ2v) is 9.11. The number of fused-ring (bicyclic) bond motifs is 1. The van der Waals surface area contributed by atoms with Crippen molar-refractivity contribution in [2.24, 2.45) is 5.73 Å². The largest absolute Gasteiger partial charge is 0.478 e. The molecule has 4 N–H and O–H groups in total. The Morgan fingerprint density at radius 3 is 2.51 bits per heavy atom. The average molecular weight is 503 g/mol. The van der Waals surface area contributed by atoms with E-state index in [1.54, 1.807) is 41.2 Å². The molecule has 4 aromatic rings. The van der Waals surface area contributed by atoms with Gasteiger partial charge in [0.05, 0.1) is 40.6 Å². The Morgan fingerprint density at radius 2 is 1.84 bits per heavy atom. The number of hydrogen-bond donors (Lipinski definition) is 3. The van der Waals surface area contributed by atoms with E-state index in [1.165, 1.54) is 18.5 Å². The Hall–Kier alpha value is -4.42. The predicted octanol–water partition coefficient (Wildman–Crippen LogP) is 0.704. The minimum Gasteiger partial charge on any atom is -0.478 e. The number of benzene rings is 1. The highest BCUT2D eigenvalue weighted by molar-refractivity contribution is 5.92. The topological polar surface area (TPSA) is 163 Å². The van der Waals surface area contributed by atoms with E-state index in [2.05, 4.69) is 30.0 Å². The van der Waals surface area contributed by atoms with Crippen LogP contribution in [0, 0.1) is 0 Å². The highest BCUT2D eigenvalue weighted by Crippen LogP contribution is 2.37. The molecule has 190 valence electrons. The first kappa shape index (κ1) is 24.3. The van der Waals surface area contributed by atoms with Gasteiger partial charge < -0.3 is 20.3 Å². The van der Waals surface area contributed by atoms with Crippen LogP contribution in [0.2, 0.25) is 0 Å². The number of H-pyrrole nitrogens is 1. The van der Waals surface area contributed by atoms with Gasteiger partial charge in [0, 0.05) is 44.1 Å². The molecule has 1 saturated heterocycles. The molecule has 0 bridgehead atoms. The average Bonchev–Trinajstić information content (AvgIpc) is 3.32. The molecule has 0 saturated carbocycles. The fraction of sp³-hybridized carbons (Fsp3) is 0.280. The van der Waals surface area contributed by atoms with E-state index in [4.69, 9.17) is 5.73 Å². The molecule has 1 aliphatic heterocycles. The van der Waals surface area contributed by atoms with Gasteiger partial charge in [-0.05, 0) is 43.4 Å². The van der Waals surface area contributed by atoms with E-state index in [9.17, 15) is 19.5 Å². The van der Waals surface area contributed by atoms with Crippen LogP contribution in [-0.2, 0) is 10.5 Å². The van der Waals surface area contributed by atoms with E-state index in [1.807, 2.05) is 7.05 Å². The molecule has 12 heteroatoms. The maximum Gasteiger partial charge on any atom is 0.335 e. The van der Waals surface area contributed by atoms with Crippen molar-refractivity contribution < 1.29 is 14.7 Å². The normalized spacial score (nSPS) is 16.5. The zero-order valence-corrected chi connectivity index (χ0v) is 20.2. The second-order valence-electron chi connectivity index (χ2n) is 9.11. The summed E-state index contributed by atoms with van der Waals surface area (Å²) in [7, 11) is 2.01. The number of pyridine rings is 1. The highest BCUT2D eigenvalue weighted by atomic mass is 16.4. The van der Waals surface area contributed by atoms with Crippen molar-refractivity contribution in [2.75, 3.05) is 33.2 Å². The van der Waals surface area contributed by atoms with Crippen molar-refractivity contribution in [2.45, 2.75) is 12.1 Å². The Morgan fingerprint density at radius 1 is 1.11 bits per heavy atom. The molecule has 1 amide bonds. The monoisotopic (exact) mass is 502 g/mol. The van der Waals surface area contributed by atoms with Gasteiger partial charge in [0.25, 0.3) is 5.56 Å².